The van der Waals surface area contributed by atoms with Gasteiger partial charge in [-0.3, -0.25) is 4.79 Å². The van der Waals surface area contributed by atoms with Gasteiger partial charge in [-0.25, -0.2) is 0 Å². The van der Waals surface area contributed by atoms with Gasteiger partial charge in [0.05, 0.1) is 11.4 Å². The molecular weight excluding hydrogens is 328 g/mol. The van der Waals surface area contributed by atoms with Gasteiger partial charge in [0.2, 0.25) is 0 Å². The number of hydrogen-bond donors (Lipinski definition) is 2. The first-order valence-electron chi connectivity index (χ1n) is 8.68. The van der Waals surface area contributed by atoms with Crippen LogP contribution in [-0.4, -0.2) is 28.0 Å². The number of aromatic hydroxyl groups is 1. The third-order valence-corrected chi connectivity index (χ3v) is 4.65. The van der Waals surface area contributed by atoms with E-state index in [9.17, 15) is 9.90 Å². The monoisotopic (exact) mass is 348 g/mol. The number of nitrogens with two attached hydrogens (primary N) is 1. The van der Waals surface area contributed by atoms with Gasteiger partial charge in [0.1, 0.15) is 17.1 Å². The average Bonchev–Trinajstić information content (AvgIpc) is 3.18. The van der Waals surface area contributed by atoms with Crippen LogP contribution in [-0.2, 0) is 0 Å². The van der Waals surface area contributed by atoms with Crippen molar-refractivity contribution >= 4 is 11.4 Å². The van der Waals surface area contributed by atoms with Crippen LogP contribution in [0.3, 0.4) is 0 Å². The molecule has 1 aromatic heterocycles. The molecule has 0 radical (unpaired) electrons. The summed E-state index contributed by atoms with van der Waals surface area (Å²) in [6, 6.07) is 16.2. The smallest absolute Gasteiger partial charge is 0.296 e. The quantitative estimate of drug-likeness (QED) is 0.760. The van der Waals surface area contributed by atoms with Gasteiger partial charge >= 0.3 is 0 Å². The van der Waals surface area contributed by atoms with E-state index in [-0.39, 0.29) is 17.0 Å². The Kier molecular flexibility index (Phi) is 4.08. The second kappa shape index (κ2) is 6.55. The summed E-state index contributed by atoms with van der Waals surface area (Å²) in [4.78, 5) is 15.0. The highest BCUT2D eigenvalue weighted by molar-refractivity contribution is 5.83. The molecule has 1 fully saturated rings. The van der Waals surface area contributed by atoms with Gasteiger partial charge in [-0.1, -0.05) is 36.4 Å². The molecule has 0 saturated carbocycles. The zero-order chi connectivity index (χ0) is 18.1. The molecule has 0 unspecified atom stereocenters. The number of aromatic nitrogens is 2. The van der Waals surface area contributed by atoms with E-state index < -0.39 is 0 Å². The number of rotatable bonds is 3. The topological polar surface area (TPSA) is 84.4 Å². The van der Waals surface area contributed by atoms with Crippen molar-refractivity contribution in [1.29, 1.82) is 0 Å². The molecule has 2 heterocycles. The lowest BCUT2D eigenvalue weighted by atomic mass is 10.1. The molecule has 2 aromatic carbocycles. The Balaban J connectivity index is 1.99. The van der Waals surface area contributed by atoms with Crippen molar-refractivity contribution < 1.29 is 5.11 Å². The van der Waals surface area contributed by atoms with Gasteiger partial charge < -0.3 is 15.7 Å². The van der Waals surface area contributed by atoms with Crippen LogP contribution in [0.1, 0.15) is 12.8 Å². The molecule has 6 nitrogen and oxygen atoms in total. The number of anilines is 2. The zero-order valence-electron chi connectivity index (χ0n) is 14.3. The third-order valence-electron chi connectivity index (χ3n) is 4.65. The van der Waals surface area contributed by atoms with E-state index in [2.05, 4.69) is 10.00 Å². The molecule has 1 aliphatic heterocycles. The Bertz CT molecular complexity index is 992. The fraction of sp³-hybridized carbons (Fsp3) is 0.200. The van der Waals surface area contributed by atoms with Crippen LogP contribution in [0.15, 0.2) is 59.4 Å². The minimum Gasteiger partial charge on any atom is -0.508 e. The van der Waals surface area contributed by atoms with Gasteiger partial charge in [0.25, 0.3) is 5.56 Å². The summed E-state index contributed by atoms with van der Waals surface area (Å²) in [6.45, 7) is 1.72. The fourth-order valence-electron chi connectivity index (χ4n) is 3.39. The van der Waals surface area contributed by atoms with Crippen molar-refractivity contribution in [1.82, 2.24) is 9.78 Å². The van der Waals surface area contributed by atoms with Crippen molar-refractivity contribution in [2.75, 3.05) is 23.7 Å². The highest BCUT2D eigenvalue weighted by Crippen LogP contribution is 2.34. The van der Waals surface area contributed by atoms with Gasteiger partial charge in [0.15, 0.2) is 0 Å². The van der Waals surface area contributed by atoms with E-state index in [0.717, 1.165) is 31.5 Å². The lowest BCUT2D eigenvalue weighted by Crippen LogP contribution is -2.30. The van der Waals surface area contributed by atoms with Gasteiger partial charge in [0, 0.05) is 24.7 Å². The molecule has 0 atom stereocenters. The Hall–Kier alpha value is -3.28. The number of phenolic OH excluding ortho intramolecular Hbond substituents is 1. The summed E-state index contributed by atoms with van der Waals surface area (Å²) in [7, 11) is 0. The van der Waals surface area contributed by atoms with Gasteiger partial charge in [-0.2, -0.15) is 9.78 Å². The molecule has 3 N–H and O–H groups in total. The number of nitrogen functional groups attached to an aromatic ring is 1. The molecular formula is C20H20N4O2. The van der Waals surface area contributed by atoms with Crippen molar-refractivity contribution in [3.05, 3.63) is 65.0 Å². The van der Waals surface area contributed by atoms with Crippen molar-refractivity contribution in [3.8, 4) is 22.7 Å². The lowest BCUT2D eigenvalue weighted by molar-refractivity contribution is 0.474. The third kappa shape index (κ3) is 2.79. The Morgan fingerprint density at radius 1 is 1.00 bits per heavy atom. The number of phenols is 1. The Labute approximate surface area is 151 Å². The molecule has 1 saturated heterocycles. The number of hydrogen-bond acceptors (Lipinski definition) is 5. The molecule has 132 valence electrons. The Morgan fingerprint density at radius 2 is 1.73 bits per heavy atom. The molecule has 4 rings (SSSR count). The molecule has 0 amide bonds. The summed E-state index contributed by atoms with van der Waals surface area (Å²) >= 11 is 0. The van der Waals surface area contributed by atoms with Crippen molar-refractivity contribution in [2.45, 2.75) is 12.8 Å². The zero-order valence-corrected chi connectivity index (χ0v) is 14.3. The van der Waals surface area contributed by atoms with E-state index in [0.29, 0.717) is 17.1 Å². The Morgan fingerprint density at radius 3 is 2.42 bits per heavy atom. The summed E-state index contributed by atoms with van der Waals surface area (Å²) < 4.78 is 1.26. The summed E-state index contributed by atoms with van der Waals surface area (Å²) in [5, 5.41) is 14.4. The first-order chi connectivity index (χ1) is 12.6. The normalized spacial score (nSPS) is 13.9. The van der Waals surface area contributed by atoms with Crippen LogP contribution >= 0.6 is 0 Å². The van der Waals surface area contributed by atoms with Crippen LogP contribution in [0.5, 0.6) is 5.75 Å². The number of benzene rings is 2. The number of nitrogens with zero attached hydrogens (tertiary/aromatic N) is 3. The maximum atomic E-state index is 12.9. The maximum absolute atomic E-state index is 12.9. The van der Waals surface area contributed by atoms with E-state index in [4.69, 9.17) is 5.73 Å². The lowest BCUT2D eigenvalue weighted by Gasteiger charge is -2.23. The fourth-order valence-corrected chi connectivity index (χ4v) is 3.39. The average molecular weight is 348 g/mol. The van der Waals surface area contributed by atoms with Crippen LogP contribution in [0, 0.1) is 0 Å². The van der Waals surface area contributed by atoms with Gasteiger partial charge in [-0.15, -0.1) is 0 Å². The molecule has 0 spiro atoms. The molecule has 0 bridgehead atoms. The van der Waals surface area contributed by atoms with E-state index in [1.165, 1.54) is 10.7 Å². The molecule has 1 aliphatic rings. The minimum absolute atomic E-state index is 0.0691. The van der Waals surface area contributed by atoms with Crippen LogP contribution in [0.25, 0.3) is 16.9 Å². The van der Waals surface area contributed by atoms with Gasteiger partial charge in [-0.05, 0) is 25.0 Å². The van der Waals surface area contributed by atoms with Crippen molar-refractivity contribution in [2.24, 2.45) is 0 Å². The summed E-state index contributed by atoms with van der Waals surface area (Å²) in [6.07, 6.45) is 2.15. The van der Waals surface area contributed by atoms with E-state index >= 15 is 0 Å². The first-order valence-corrected chi connectivity index (χ1v) is 8.68. The molecule has 6 heteroatoms. The predicted molar refractivity (Wildman–Crippen MR) is 103 cm³/mol. The SMILES string of the molecule is Nc1c(N2CCCC2)c(-c2ccccc2)nn(-c2cccc(O)c2)c1=O. The largest absolute Gasteiger partial charge is 0.508 e. The highest BCUT2D eigenvalue weighted by atomic mass is 16.3. The van der Waals surface area contributed by atoms with Crippen molar-refractivity contribution in [3.63, 3.8) is 0 Å². The molecule has 26 heavy (non-hydrogen) atoms. The van der Waals surface area contributed by atoms with E-state index in [1.54, 1.807) is 18.2 Å². The highest BCUT2D eigenvalue weighted by Gasteiger charge is 2.24. The molecule has 3 aromatic rings. The standard InChI is InChI=1S/C20H20N4O2/c21-17-19(23-11-4-5-12-23)18(14-7-2-1-3-8-14)22-24(20(17)26)15-9-6-10-16(25)13-15/h1-3,6-10,13,25H,4-5,11-12,21H2. The van der Waals surface area contributed by atoms with Crippen LogP contribution in [0.2, 0.25) is 0 Å². The molecule has 0 aliphatic carbocycles. The van der Waals surface area contributed by atoms with Crippen LogP contribution < -0.4 is 16.2 Å². The van der Waals surface area contributed by atoms with E-state index in [1.807, 2.05) is 30.3 Å². The second-order valence-electron chi connectivity index (χ2n) is 6.41. The summed E-state index contributed by atoms with van der Waals surface area (Å²) in [5.41, 5.74) is 8.86. The predicted octanol–water partition coefficient (Wildman–Crippen LogP) is 2.79. The van der Waals surface area contributed by atoms with Crippen LogP contribution in [0.4, 0.5) is 11.4 Å². The first kappa shape index (κ1) is 16.2. The minimum atomic E-state index is -0.378. The second-order valence-corrected chi connectivity index (χ2v) is 6.41. The summed E-state index contributed by atoms with van der Waals surface area (Å²) in [5.74, 6) is 0.0691. The maximum Gasteiger partial charge on any atom is 0.296 e.